The van der Waals surface area contributed by atoms with Gasteiger partial charge in [-0.25, -0.2) is 4.98 Å². The molecule has 1 aliphatic rings. The van der Waals surface area contributed by atoms with Gasteiger partial charge in [0.05, 0.1) is 26.2 Å². The summed E-state index contributed by atoms with van der Waals surface area (Å²) in [5.41, 5.74) is 2.57. The molecule has 0 atom stereocenters. The van der Waals surface area contributed by atoms with E-state index in [1.165, 1.54) is 4.90 Å². The number of piperazine rings is 1. The zero-order valence-electron chi connectivity index (χ0n) is 15.2. The van der Waals surface area contributed by atoms with Gasteiger partial charge in [-0.05, 0) is 30.3 Å². The topological polar surface area (TPSA) is 66.6 Å². The van der Waals surface area contributed by atoms with E-state index in [2.05, 4.69) is 16.0 Å². The number of para-hydroxylation sites is 1. The van der Waals surface area contributed by atoms with Crippen molar-refractivity contribution in [1.82, 2.24) is 9.97 Å². The van der Waals surface area contributed by atoms with Gasteiger partial charge in [-0.2, -0.15) is 0 Å². The van der Waals surface area contributed by atoms with E-state index in [1.807, 2.05) is 42.5 Å². The number of quaternary nitrogens is 1. The number of halogens is 1. The predicted molar refractivity (Wildman–Crippen MR) is 110 cm³/mol. The van der Waals surface area contributed by atoms with Gasteiger partial charge in [-0.3, -0.25) is 4.79 Å². The monoisotopic (exact) mass is 395 g/mol. The Morgan fingerprint density at radius 2 is 1.96 bits per heavy atom. The van der Waals surface area contributed by atoms with E-state index in [-0.39, 0.29) is 5.56 Å². The molecule has 142 valence electrons. The van der Waals surface area contributed by atoms with E-state index in [4.69, 9.17) is 21.0 Å². The van der Waals surface area contributed by atoms with Crippen molar-refractivity contribution in [2.75, 3.05) is 31.1 Å². The molecule has 7 heteroatoms. The van der Waals surface area contributed by atoms with Crippen LogP contribution in [0.2, 0.25) is 5.02 Å². The summed E-state index contributed by atoms with van der Waals surface area (Å²) >= 11 is 6.11. The molecule has 0 spiro atoms. The first kappa shape index (κ1) is 17.3. The number of hydrogen-bond acceptors (Lipinski definition) is 4. The number of fused-ring (bicyclic) bond motifs is 3. The largest absolute Gasteiger partial charge is 0.449 e. The van der Waals surface area contributed by atoms with Gasteiger partial charge < -0.3 is 19.2 Å². The normalized spacial score (nSPS) is 15.5. The minimum absolute atomic E-state index is 0.215. The summed E-state index contributed by atoms with van der Waals surface area (Å²) in [5, 5.41) is 1.64. The summed E-state index contributed by atoms with van der Waals surface area (Å²) < 4.78 is 5.67. The number of nitrogens with zero attached hydrogens (tertiary/aromatic N) is 2. The summed E-state index contributed by atoms with van der Waals surface area (Å²) in [6.07, 6.45) is 0. The second-order valence-corrected chi connectivity index (χ2v) is 7.62. The van der Waals surface area contributed by atoms with E-state index < -0.39 is 0 Å². The predicted octanol–water partition coefficient (Wildman–Crippen LogP) is 2.23. The maximum Gasteiger partial charge on any atom is 0.294 e. The van der Waals surface area contributed by atoms with Crippen molar-refractivity contribution in [2.45, 2.75) is 6.54 Å². The van der Waals surface area contributed by atoms with Crippen LogP contribution in [0.25, 0.3) is 22.1 Å². The molecule has 2 N–H and O–H groups in total. The molecule has 0 unspecified atom stereocenters. The van der Waals surface area contributed by atoms with Gasteiger partial charge >= 0.3 is 0 Å². The Kier molecular flexibility index (Phi) is 4.30. The lowest BCUT2D eigenvalue weighted by atomic mass is 10.2. The first-order valence-electron chi connectivity index (χ1n) is 9.42. The molecule has 1 aliphatic heterocycles. The average molecular weight is 396 g/mol. The fourth-order valence-corrected chi connectivity index (χ4v) is 4.08. The van der Waals surface area contributed by atoms with Gasteiger partial charge in [-0.1, -0.05) is 29.8 Å². The molecule has 0 saturated carbocycles. The SMILES string of the molecule is O=c1[nH]c(C[NH+]2CCN(c3cccc(Cl)c3)CC2)nc2c1oc1ccccc12. The third-order valence-corrected chi connectivity index (χ3v) is 5.58. The number of aromatic amines is 1. The highest BCUT2D eigenvalue weighted by Crippen LogP contribution is 2.24. The molecular weight excluding hydrogens is 376 g/mol. The molecule has 5 rings (SSSR count). The number of anilines is 1. The Hall–Kier alpha value is -2.83. The van der Waals surface area contributed by atoms with Crippen molar-refractivity contribution < 1.29 is 9.32 Å². The number of benzene rings is 2. The smallest absolute Gasteiger partial charge is 0.294 e. The summed E-state index contributed by atoms with van der Waals surface area (Å²) in [6.45, 7) is 4.52. The average Bonchev–Trinajstić information content (AvgIpc) is 3.08. The molecule has 0 amide bonds. The lowest BCUT2D eigenvalue weighted by Crippen LogP contribution is -3.13. The highest BCUT2D eigenvalue weighted by atomic mass is 35.5. The lowest BCUT2D eigenvalue weighted by Gasteiger charge is -2.33. The fraction of sp³-hybridized carbons (Fsp3) is 0.238. The lowest BCUT2D eigenvalue weighted by molar-refractivity contribution is -0.915. The van der Waals surface area contributed by atoms with E-state index >= 15 is 0 Å². The molecule has 0 radical (unpaired) electrons. The molecule has 1 saturated heterocycles. The van der Waals surface area contributed by atoms with Crippen molar-refractivity contribution >= 4 is 39.4 Å². The van der Waals surface area contributed by atoms with E-state index in [0.29, 0.717) is 29.1 Å². The molecule has 0 aliphatic carbocycles. The summed E-state index contributed by atoms with van der Waals surface area (Å²) in [6, 6.07) is 15.6. The molecule has 28 heavy (non-hydrogen) atoms. The third kappa shape index (κ3) is 3.15. The van der Waals surface area contributed by atoms with Gasteiger partial charge in [0.2, 0.25) is 5.58 Å². The standard InChI is InChI=1S/C21H19ClN4O2/c22-14-4-3-5-15(12-14)26-10-8-25(9-11-26)13-18-23-19-16-6-1-2-7-17(16)28-20(19)21(27)24-18/h1-7,12H,8-11,13H2,(H,23,24,27)/p+1. The molecule has 4 aromatic rings. The molecule has 1 fully saturated rings. The van der Waals surface area contributed by atoms with Crippen molar-refractivity contribution in [2.24, 2.45) is 0 Å². The number of hydrogen-bond donors (Lipinski definition) is 2. The van der Waals surface area contributed by atoms with Crippen LogP contribution in [0.15, 0.2) is 57.7 Å². The second-order valence-electron chi connectivity index (χ2n) is 7.18. The first-order valence-corrected chi connectivity index (χ1v) is 9.80. The Morgan fingerprint density at radius 3 is 2.79 bits per heavy atom. The quantitative estimate of drug-likeness (QED) is 0.558. The van der Waals surface area contributed by atoms with Crippen LogP contribution in [0.3, 0.4) is 0 Å². The summed E-state index contributed by atoms with van der Waals surface area (Å²) in [5.74, 6) is 0.704. The van der Waals surface area contributed by atoms with Crippen LogP contribution < -0.4 is 15.4 Å². The minimum atomic E-state index is -0.215. The first-order chi connectivity index (χ1) is 13.7. The van der Waals surface area contributed by atoms with Crippen molar-refractivity contribution in [3.8, 4) is 0 Å². The van der Waals surface area contributed by atoms with Crippen molar-refractivity contribution in [1.29, 1.82) is 0 Å². The molecule has 6 nitrogen and oxygen atoms in total. The Balaban J connectivity index is 1.35. The molecule has 0 bridgehead atoms. The number of H-pyrrole nitrogens is 1. The van der Waals surface area contributed by atoms with Crippen molar-refractivity contribution in [3.05, 3.63) is 69.7 Å². The maximum absolute atomic E-state index is 12.5. The van der Waals surface area contributed by atoms with E-state index in [9.17, 15) is 4.79 Å². The fourth-order valence-electron chi connectivity index (χ4n) is 3.90. The zero-order valence-corrected chi connectivity index (χ0v) is 16.0. The van der Waals surface area contributed by atoms with Gasteiger partial charge in [-0.15, -0.1) is 0 Å². The van der Waals surface area contributed by atoms with Crippen LogP contribution in [0.5, 0.6) is 0 Å². The van der Waals surface area contributed by atoms with Crippen LogP contribution in [0, 0.1) is 0 Å². The summed E-state index contributed by atoms with van der Waals surface area (Å²) in [7, 11) is 0. The second kappa shape index (κ2) is 6.96. The highest BCUT2D eigenvalue weighted by molar-refractivity contribution is 6.30. The van der Waals surface area contributed by atoms with Crippen LogP contribution in [0.1, 0.15) is 5.82 Å². The Labute approximate surface area is 166 Å². The van der Waals surface area contributed by atoms with E-state index in [0.717, 1.165) is 42.3 Å². The minimum Gasteiger partial charge on any atom is -0.449 e. The summed E-state index contributed by atoms with van der Waals surface area (Å²) in [4.78, 5) is 23.8. The van der Waals surface area contributed by atoms with Gasteiger partial charge in [0.15, 0.2) is 5.82 Å². The van der Waals surface area contributed by atoms with Crippen LogP contribution in [0.4, 0.5) is 5.69 Å². The molecule has 3 heterocycles. The maximum atomic E-state index is 12.5. The van der Waals surface area contributed by atoms with Crippen LogP contribution >= 0.6 is 11.6 Å². The van der Waals surface area contributed by atoms with Crippen LogP contribution in [-0.4, -0.2) is 36.1 Å². The van der Waals surface area contributed by atoms with Gasteiger partial charge in [0, 0.05) is 16.1 Å². The van der Waals surface area contributed by atoms with E-state index in [1.54, 1.807) is 0 Å². The zero-order chi connectivity index (χ0) is 19.1. The van der Waals surface area contributed by atoms with Crippen LogP contribution in [-0.2, 0) is 6.54 Å². The number of furan rings is 1. The van der Waals surface area contributed by atoms with Crippen molar-refractivity contribution in [3.63, 3.8) is 0 Å². The highest BCUT2D eigenvalue weighted by Gasteiger charge is 2.22. The molecule has 2 aromatic heterocycles. The Bertz CT molecular complexity index is 1210. The Morgan fingerprint density at radius 1 is 1.14 bits per heavy atom. The molecule has 2 aromatic carbocycles. The molecular formula is C21H20ClN4O2+. The van der Waals surface area contributed by atoms with Gasteiger partial charge in [0.25, 0.3) is 5.56 Å². The number of aromatic nitrogens is 2. The third-order valence-electron chi connectivity index (χ3n) is 5.34. The number of rotatable bonds is 3. The van der Waals surface area contributed by atoms with Gasteiger partial charge in [0.1, 0.15) is 17.6 Å². The number of nitrogens with one attached hydrogen (secondary N) is 2.